The highest BCUT2D eigenvalue weighted by molar-refractivity contribution is 7.89. The number of amides is 1. The van der Waals surface area contributed by atoms with E-state index in [0.717, 1.165) is 12.8 Å². The molecule has 0 radical (unpaired) electrons. The predicted octanol–water partition coefficient (Wildman–Crippen LogP) is 2.71. The standard InChI is InChI=1S/C20H20N2O5S/c23-19(13-18-16-8-1-2-9-17(16)20(24)27-18)21-14-6-5-7-15(12-14)28(25,26)22-10-3-4-11-22/h1-2,5-9,12,18H,3-4,10-11,13H2,(H,21,23). The normalized spacial score (nSPS) is 19.3. The number of hydrogen-bond acceptors (Lipinski definition) is 5. The number of nitrogens with one attached hydrogen (secondary N) is 1. The van der Waals surface area contributed by atoms with Crippen molar-refractivity contribution in [3.63, 3.8) is 0 Å². The van der Waals surface area contributed by atoms with E-state index in [9.17, 15) is 18.0 Å². The lowest BCUT2D eigenvalue weighted by Gasteiger charge is -2.16. The molecule has 2 aliphatic heterocycles. The van der Waals surface area contributed by atoms with E-state index in [1.54, 1.807) is 36.4 Å². The number of carbonyl (C=O) groups is 2. The van der Waals surface area contributed by atoms with Crippen molar-refractivity contribution < 1.29 is 22.7 Å². The third kappa shape index (κ3) is 3.53. The third-order valence-electron chi connectivity index (χ3n) is 4.97. The van der Waals surface area contributed by atoms with E-state index in [1.807, 2.05) is 0 Å². The number of carbonyl (C=O) groups excluding carboxylic acids is 2. The Balaban J connectivity index is 1.47. The first-order valence-electron chi connectivity index (χ1n) is 9.15. The van der Waals surface area contributed by atoms with Crippen LogP contribution in [0.5, 0.6) is 0 Å². The van der Waals surface area contributed by atoms with Crippen molar-refractivity contribution >= 4 is 27.6 Å². The maximum atomic E-state index is 12.7. The molecule has 1 N–H and O–H groups in total. The first-order chi connectivity index (χ1) is 13.4. The molecule has 1 amide bonds. The zero-order chi connectivity index (χ0) is 19.7. The minimum Gasteiger partial charge on any atom is -0.453 e. The summed E-state index contributed by atoms with van der Waals surface area (Å²) in [7, 11) is -3.55. The van der Waals surface area contributed by atoms with Gasteiger partial charge in [-0.1, -0.05) is 24.3 Å². The van der Waals surface area contributed by atoms with Crippen LogP contribution in [0, 0.1) is 0 Å². The van der Waals surface area contributed by atoms with Gasteiger partial charge < -0.3 is 10.1 Å². The van der Waals surface area contributed by atoms with Crippen LogP contribution < -0.4 is 5.32 Å². The number of ether oxygens (including phenoxy) is 1. The molecule has 0 saturated carbocycles. The van der Waals surface area contributed by atoms with Gasteiger partial charge in [0, 0.05) is 24.3 Å². The number of anilines is 1. The van der Waals surface area contributed by atoms with Gasteiger partial charge in [0.1, 0.15) is 6.10 Å². The Kier molecular flexibility index (Phi) is 4.91. The number of rotatable bonds is 5. The Morgan fingerprint density at radius 3 is 2.64 bits per heavy atom. The van der Waals surface area contributed by atoms with Crippen LogP contribution in [0.3, 0.4) is 0 Å². The summed E-state index contributed by atoms with van der Waals surface area (Å²) in [6.45, 7) is 1.04. The Morgan fingerprint density at radius 2 is 1.86 bits per heavy atom. The van der Waals surface area contributed by atoms with Crippen LogP contribution in [0.15, 0.2) is 53.4 Å². The number of sulfonamides is 1. The fourth-order valence-corrected chi connectivity index (χ4v) is 5.13. The highest BCUT2D eigenvalue weighted by Gasteiger charge is 2.32. The Bertz CT molecular complexity index is 1030. The Morgan fingerprint density at radius 1 is 1.11 bits per heavy atom. The molecule has 2 heterocycles. The molecule has 4 rings (SSSR count). The molecule has 0 aliphatic carbocycles. The average Bonchev–Trinajstić information content (AvgIpc) is 3.32. The van der Waals surface area contributed by atoms with Crippen molar-refractivity contribution in [1.82, 2.24) is 4.31 Å². The number of hydrogen-bond donors (Lipinski definition) is 1. The maximum Gasteiger partial charge on any atom is 0.339 e. The molecule has 0 aromatic heterocycles. The molecule has 0 spiro atoms. The van der Waals surface area contributed by atoms with E-state index >= 15 is 0 Å². The van der Waals surface area contributed by atoms with Gasteiger partial charge in [-0.15, -0.1) is 0 Å². The van der Waals surface area contributed by atoms with Gasteiger partial charge in [-0.3, -0.25) is 4.79 Å². The van der Waals surface area contributed by atoms with Gasteiger partial charge in [-0.2, -0.15) is 4.31 Å². The summed E-state index contributed by atoms with van der Waals surface area (Å²) in [6, 6.07) is 13.2. The molecule has 8 heteroatoms. The molecule has 0 bridgehead atoms. The van der Waals surface area contributed by atoms with E-state index in [2.05, 4.69) is 5.32 Å². The molecular weight excluding hydrogens is 380 g/mol. The minimum absolute atomic E-state index is 0.0359. The minimum atomic E-state index is -3.55. The van der Waals surface area contributed by atoms with Crippen molar-refractivity contribution in [1.29, 1.82) is 0 Å². The summed E-state index contributed by atoms with van der Waals surface area (Å²) in [5, 5.41) is 2.70. The number of cyclic esters (lactones) is 1. The summed E-state index contributed by atoms with van der Waals surface area (Å²) < 4.78 is 32.1. The first kappa shape index (κ1) is 18.6. The predicted molar refractivity (Wildman–Crippen MR) is 102 cm³/mol. The summed E-state index contributed by atoms with van der Waals surface area (Å²) in [5.74, 6) is -0.794. The first-order valence-corrected chi connectivity index (χ1v) is 10.6. The lowest BCUT2D eigenvalue weighted by molar-refractivity contribution is -0.118. The molecule has 7 nitrogen and oxygen atoms in total. The molecule has 1 saturated heterocycles. The van der Waals surface area contributed by atoms with Crippen molar-refractivity contribution in [3.05, 3.63) is 59.7 Å². The van der Waals surface area contributed by atoms with E-state index in [4.69, 9.17) is 4.74 Å². The number of benzene rings is 2. The molecule has 2 aromatic rings. The van der Waals surface area contributed by atoms with Crippen molar-refractivity contribution in [2.45, 2.75) is 30.3 Å². The second-order valence-electron chi connectivity index (χ2n) is 6.87. The number of nitrogens with zero attached hydrogens (tertiary/aromatic N) is 1. The SMILES string of the molecule is O=C(CC1OC(=O)c2ccccc21)Nc1cccc(S(=O)(=O)N2CCCC2)c1. The fraction of sp³-hybridized carbons (Fsp3) is 0.300. The van der Waals surface area contributed by atoms with Gasteiger partial charge in [-0.25, -0.2) is 13.2 Å². The lowest BCUT2D eigenvalue weighted by Crippen LogP contribution is -2.28. The van der Waals surface area contributed by atoms with Crippen LogP contribution >= 0.6 is 0 Å². The zero-order valence-electron chi connectivity index (χ0n) is 15.1. The van der Waals surface area contributed by atoms with Gasteiger partial charge in [-0.05, 0) is 37.1 Å². The summed E-state index contributed by atoms with van der Waals surface area (Å²) in [5.41, 5.74) is 1.55. The smallest absolute Gasteiger partial charge is 0.339 e. The fourth-order valence-electron chi connectivity index (χ4n) is 3.56. The van der Waals surface area contributed by atoms with E-state index in [-0.39, 0.29) is 17.2 Å². The monoisotopic (exact) mass is 400 g/mol. The van der Waals surface area contributed by atoms with Gasteiger partial charge in [0.25, 0.3) is 0 Å². The van der Waals surface area contributed by atoms with Gasteiger partial charge in [0.2, 0.25) is 15.9 Å². The lowest BCUT2D eigenvalue weighted by atomic mass is 10.0. The highest BCUT2D eigenvalue weighted by atomic mass is 32.2. The molecule has 146 valence electrons. The summed E-state index contributed by atoms with van der Waals surface area (Å²) >= 11 is 0. The van der Waals surface area contributed by atoms with Gasteiger partial charge in [0.05, 0.1) is 16.9 Å². The van der Waals surface area contributed by atoms with Gasteiger partial charge in [0.15, 0.2) is 0 Å². The van der Waals surface area contributed by atoms with Crippen LogP contribution in [0.1, 0.15) is 41.3 Å². The average molecular weight is 400 g/mol. The van der Waals surface area contributed by atoms with Crippen molar-refractivity contribution in [2.75, 3.05) is 18.4 Å². The van der Waals surface area contributed by atoms with Crippen LogP contribution in [-0.2, 0) is 19.6 Å². The topological polar surface area (TPSA) is 92.8 Å². The van der Waals surface area contributed by atoms with Crippen LogP contribution in [0.25, 0.3) is 0 Å². The molecule has 2 aromatic carbocycles. The van der Waals surface area contributed by atoms with Crippen molar-refractivity contribution in [3.8, 4) is 0 Å². The summed E-state index contributed by atoms with van der Waals surface area (Å²) in [6.07, 6.45) is 1.04. The number of esters is 1. The second-order valence-corrected chi connectivity index (χ2v) is 8.81. The zero-order valence-corrected chi connectivity index (χ0v) is 15.9. The molecule has 2 aliphatic rings. The van der Waals surface area contributed by atoms with Crippen LogP contribution in [0.4, 0.5) is 5.69 Å². The highest BCUT2D eigenvalue weighted by Crippen LogP contribution is 2.33. The Labute approximate surface area is 163 Å². The second kappa shape index (κ2) is 7.37. The quantitative estimate of drug-likeness (QED) is 0.779. The maximum absolute atomic E-state index is 12.7. The van der Waals surface area contributed by atoms with Crippen LogP contribution in [0.2, 0.25) is 0 Å². The molecule has 1 atom stereocenters. The molecule has 1 unspecified atom stereocenters. The molecule has 28 heavy (non-hydrogen) atoms. The third-order valence-corrected chi connectivity index (χ3v) is 6.86. The Hall–Kier alpha value is -2.71. The van der Waals surface area contributed by atoms with E-state index in [0.29, 0.717) is 29.9 Å². The van der Waals surface area contributed by atoms with E-state index < -0.39 is 22.1 Å². The van der Waals surface area contributed by atoms with E-state index in [1.165, 1.54) is 16.4 Å². The van der Waals surface area contributed by atoms with Crippen molar-refractivity contribution in [2.24, 2.45) is 0 Å². The molecular formula is C20H20N2O5S. The van der Waals surface area contributed by atoms with Gasteiger partial charge >= 0.3 is 5.97 Å². The number of fused-ring (bicyclic) bond motifs is 1. The largest absolute Gasteiger partial charge is 0.453 e. The van der Waals surface area contributed by atoms with Crippen LogP contribution in [-0.4, -0.2) is 37.7 Å². The molecule has 1 fully saturated rings. The summed E-state index contributed by atoms with van der Waals surface area (Å²) in [4.78, 5) is 24.5.